The van der Waals surface area contributed by atoms with Crippen molar-refractivity contribution in [2.75, 3.05) is 20.6 Å². The van der Waals surface area contributed by atoms with Crippen LogP contribution in [0.25, 0.3) is 5.52 Å². The van der Waals surface area contributed by atoms with Crippen LogP contribution in [0.3, 0.4) is 0 Å². The van der Waals surface area contributed by atoms with Gasteiger partial charge < -0.3 is 4.40 Å². The van der Waals surface area contributed by atoms with Crippen LogP contribution < -0.4 is 0 Å². The van der Waals surface area contributed by atoms with Crippen LogP contribution in [0.4, 0.5) is 0 Å². The van der Waals surface area contributed by atoms with E-state index in [2.05, 4.69) is 17.9 Å². The molecule has 0 N–H and O–H groups in total. The molecule has 2 heteroatoms. The maximum absolute atomic E-state index is 3.16. The first-order valence-electron chi connectivity index (χ1n) is 4.89. The van der Waals surface area contributed by atoms with Gasteiger partial charge >= 0.3 is 0 Å². The van der Waals surface area contributed by atoms with Gasteiger partial charge in [-0.3, -0.25) is 4.90 Å². The highest BCUT2D eigenvalue weighted by Crippen LogP contribution is 2.07. The summed E-state index contributed by atoms with van der Waals surface area (Å²) in [5, 5.41) is 0. The summed E-state index contributed by atoms with van der Waals surface area (Å²) >= 11 is 0. The van der Waals surface area contributed by atoms with E-state index in [0.717, 1.165) is 17.8 Å². The predicted octanol–water partition coefficient (Wildman–Crippen LogP) is 1.65. The molecule has 0 saturated heterocycles. The number of hydrogen-bond donors (Lipinski definition) is 0. The fourth-order valence-corrected chi connectivity index (χ4v) is 1.37. The van der Waals surface area contributed by atoms with Crippen LogP contribution in [-0.4, -0.2) is 29.9 Å². The second kappa shape index (κ2) is 4.20. The van der Waals surface area contributed by atoms with Gasteiger partial charge in [0.2, 0.25) is 0 Å². The molecule has 0 fully saturated rings. The van der Waals surface area contributed by atoms with Crippen molar-refractivity contribution >= 4 is 5.52 Å². The average Bonchev–Trinajstić information content (AvgIpc) is 2.62. The quantitative estimate of drug-likeness (QED) is 0.631. The van der Waals surface area contributed by atoms with Crippen molar-refractivity contribution in [3.05, 3.63) is 42.2 Å². The number of aromatic nitrogens is 1. The lowest BCUT2D eigenvalue weighted by molar-refractivity contribution is 0.464. The molecular weight excluding hydrogens is 184 g/mol. The zero-order valence-corrected chi connectivity index (χ0v) is 8.99. The lowest BCUT2D eigenvalue weighted by Gasteiger charge is -2.00. The summed E-state index contributed by atoms with van der Waals surface area (Å²) in [5.74, 6) is 6.22. The molecule has 2 rings (SSSR count). The molecule has 15 heavy (non-hydrogen) atoms. The number of hydrogen-bond acceptors (Lipinski definition) is 1. The van der Waals surface area contributed by atoms with Crippen molar-refractivity contribution in [3.8, 4) is 11.8 Å². The maximum atomic E-state index is 3.16. The first-order valence-corrected chi connectivity index (χ1v) is 4.89. The number of rotatable bonds is 1. The fraction of sp³-hybridized carbons (Fsp3) is 0.231. The van der Waals surface area contributed by atoms with E-state index in [4.69, 9.17) is 0 Å². The molecule has 1 radical (unpaired) electrons. The van der Waals surface area contributed by atoms with Gasteiger partial charge in [0.15, 0.2) is 0 Å². The molecule has 2 heterocycles. The Kier molecular flexibility index (Phi) is 2.75. The molecule has 0 bridgehead atoms. The molecule has 0 aliphatic rings. The van der Waals surface area contributed by atoms with E-state index >= 15 is 0 Å². The summed E-state index contributed by atoms with van der Waals surface area (Å²) in [6, 6.07) is 11.2. The normalized spacial score (nSPS) is 10.3. The molecule has 2 nitrogen and oxygen atoms in total. The Morgan fingerprint density at radius 2 is 2.27 bits per heavy atom. The minimum atomic E-state index is 0.772. The van der Waals surface area contributed by atoms with Crippen LogP contribution in [0, 0.1) is 17.9 Å². The van der Waals surface area contributed by atoms with Gasteiger partial charge in [0.1, 0.15) is 5.69 Å². The van der Waals surface area contributed by atoms with Gasteiger partial charge in [0.05, 0.1) is 6.54 Å². The topological polar surface area (TPSA) is 7.65 Å². The van der Waals surface area contributed by atoms with Gasteiger partial charge in [0.25, 0.3) is 0 Å². The van der Waals surface area contributed by atoms with Crippen LogP contribution in [0.2, 0.25) is 0 Å². The molecule has 0 aliphatic heterocycles. The Morgan fingerprint density at radius 1 is 1.40 bits per heavy atom. The van der Waals surface area contributed by atoms with Crippen molar-refractivity contribution in [2.45, 2.75) is 0 Å². The summed E-state index contributed by atoms with van der Waals surface area (Å²) < 4.78 is 2.04. The van der Waals surface area contributed by atoms with Gasteiger partial charge in [-0.1, -0.05) is 12.0 Å². The van der Waals surface area contributed by atoms with E-state index in [1.807, 2.05) is 53.9 Å². The molecule has 2 aromatic rings. The number of nitrogens with zero attached hydrogens (tertiary/aromatic N) is 2. The van der Waals surface area contributed by atoms with Crippen molar-refractivity contribution in [1.82, 2.24) is 9.30 Å². The maximum Gasteiger partial charge on any atom is 0.105 e. The molecular formula is C13H13N2. The number of fused-ring (bicyclic) bond motifs is 1. The van der Waals surface area contributed by atoms with E-state index in [1.165, 1.54) is 0 Å². The van der Waals surface area contributed by atoms with Crippen molar-refractivity contribution in [1.29, 1.82) is 0 Å². The molecule has 0 atom stereocenters. The lowest BCUT2D eigenvalue weighted by atomic mass is 10.4. The number of pyridine rings is 1. The molecule has 0 amide bonds. The van der Waals surface area contributed by atoms with E-state index < -0.39 is 0 Å². The summed E-state index contributed by atoms with van der Waals surface area (Å²) in [7, 11) is 4.02. The Hall–Kier alpha value is -1.72. The Labute approximate surface area is 90.1 Å². The minimum Gasteiger partial charge on any atom is -0.309 e. The highest BCUT2D eigenvalue weighted by molar-refractivity contribution is 5.52. The fourth-order valence-electron chi connectivity index (χ4n) is 1.37. The molecule has 75 valence electrons. The summed E-state index contributed by atoms with van der Waals surface area (Å²) in [6.07, 6.45) is 2.01. The zero-order valence-electron chi connectivity index (χ0n) is 8.99. The Bertz CT molecular complexity index is 512. The van der Waals surface area contributed by atoms with Crippen molar-refractivity contribution in [2.24, 2.45) is 0 Å². The SMILES string of the molecule is CN(C)CC#Cc1[c]cc2ccccn12. The third-order valence-electron chi connectivity index (χ3n) is 2.09. The zero-order chi connectivity index (χ0) is 10.7. The third-order valence-corrected chi connectivity index (χ3v) is 2.09. The van der Waals surface area contributed by atoms with Crippen LogP contribution >= 0.6 is 0 Å². The van der Waals surface area contributed by atoms with Gasteiger partial charge in [-0.2, -0.15) is 0 Å². The largest absolute Gasteiger partial charge is 0.309 e. The highest BCUT2D eigenvalue weighted by Gasteiger charge is 1.96. The lowest BCUT2D eigenvalue weighted by Crippen LogP contribution is -2.10. The Balaban J connectivity index is 2.31. The van der Waals surface area contributed by atoms with Crippen molar-refractivity contribution in [3.63, 3.8) is 0 Å². The van der Waals surface area contributed by atoms with E-state index in [1.54, 1.807) is 0 Å². The summed E-state index contributed by atoms with van der Waals surface area (Å²) in [6.45, 7) is 0.772. The predicted molar refractivity (Wildman–Crippen MR) is 61.7 cm³/mol. The monoisotopic (exact) mass is 197 g/mol. The van der Waals surface area contributed by atoms with Crippen LogP contribution in [0.15, 0.2) is 30.5 Å². The van der Waals surface area contributed by atoms with Crippen molar-refractivity contribution < 1.29 is 0 Å². The first-order chi connectivity index (χ1) is 7.27. The molecule has 0 unspecified atom stereocenters. The van der Waals surface area contributed by atoms with Gasteiger partial charge in [-0.25, -0.2) is 0 Å². The average molecular weight is 197 g/mol. The molecule has 2 aromatic heterocycles. The first kappa shape index (κ1) is 9.82. The smallest absolute Gasteiger partial charge is 0.105 e. The Morgan fingerprint density at radius 3 is 3.07 bits per heavy atom. The minimum absolute atomic E-state index is 0.772. The van der Waals surface area contributed by atoms with E-state index in [9.17, 15) is 0 Å². The third kappa shape index (κ3) is 2.20. The van der Waals surface area contributed by atoms with Gasteiger partial charge in [0, 0.05) is 17.8 Å². The molecule has 0 saturated carbocycles. The molecule has 0 aromatic carbocycles. The molecule has 0 aliphatic carbocycles. The summed E-state index contributed by atoms with van der Waals surface area (Å²) in [4.78, 5) is 2.04. The van der Waals surface area contributed by atoms with E-state index in [-0.39, 0.29) is 0 Å². The molecule has 0 spiro atoms. The van der Waals surface area contributed by atoms with Crippen LogP contribution in [0.5, 0.6) is 0 Å². The van der Waals surface area contributed by atoms with Gasteiger partial charge in [-0.15, -0.1) is 0 Å². The summed E-state index contributed by atoms with van der Waals surface area (Å²) in [5.41, 5.74) is 2.05. The highest BCUT2D eigenvalue weighted by atomic mass is 15.0. The second-order valence-corrected chi connectivity index (χ2v) is 3.67. The van der Waals surface area contributed by atoms with Crippen LogP contribution in [0.1, 0.15) is 5.69 Å². The van der Waals surface area contributed by atoms with Crippen LogP contribution in [-0.2, 0) is 0 Å². The van der Waals surface area contributed by atoms with E-state index in [0.29, 0.717) is 0 Å². The van der Waals surface area contributed by atoms with Gasteiger partial charge in [-0.05, 0) is 38.2 Å². The standard InChI is InChI=1S/C13H13N2/c1-14(2)10-5-7-13-9-8-12-6-3-4-11-15(12)13/h3-4,6,8,11H,10H2,1-2H3. The second-order valence-electron chi connectivity index (χ2n) is 3.67.